The highest BCUT2D eigenvalue weighted by Crippen LogP contribution is 2.28. The summed E-state index contributed by atoms with van der Waals surface area (Å²) in [4.78, 5) is 0.972. The number of nitrogens with two attached hydrogens (primary N) is 1. The summed E-state index contributed by atoms with van der Waals surface area (Å²) in [5.41, 5.74) is 6.11. The van der Waals surface area contributed by atoms with Gasteiger partial charge in [-0.05, 0) is 56.3 Å². The lowest BCUT2D eigenvalue weighted by Crippen LogP contribution is -2.11. The number of benzene rings is 1. The number of nitrogens with one attached hydrogen (secondary N) is 1. The molecule has 0 atom stereocenters. The zero-order valence-corrected chi connectivity index (χ0v) is 11.3. The minimum atomic E-state index is 0.0359. The first-order valence-electron chi connectivity index (χ1n) is 4.62. The lowest BCUT2D eigenvalue weighted by Gasteiger charge is -2.04. The number of nitrogen functional groups attached to an aromatic ring is 1. The van der Waals surface area contributed by atoms with Gasteiger partial charge in [-0.1, -0.05) is 0 Å². The molecule has 0 aliphatic heterocycles. The molecule has 3 N–H and O–H groups in total. The van der Waals surface area contributed by atoms with E-state index in [1.54, 1.807) is 17.8 Å². The Balaban J connectivity index is 2.27. The van der Waals surface area contributed by atoms with Crippen LogP contribution >= 0.6 is 27.7 Å². The second kappa shape index (κ2) is 4.84. The van der Waals surface area contributed by atoms with Gasteiger partial charge in [0.2, 0.25) is 5.16 Å². The van der Waals surface area contributed by atoms with E-state index in [4.69, 9.17) is 11.1 Å². The topological polar surface area (TPSA) is 93.5 Å². The summed E-state index contributed by atoms with van der Waals surface area (Å²) in [5.74, 6) is 0.0359. The number of aromatic nitrogens is 4. The van der Waals surface area contributed by atoms with E-state index in [2.05, 4.69) is 31.5 Å². The van der Waals surface area contributed by atoms with Crippen molar-refractivity contribution in [2.45, 2.75) is 10.1 Å². The fourth-order valence-electron chi connectivity index (χ4n) is 1.19. The van der Waals surface area contributed by atoms with Gasteiger partial charge in [0.1, 0.15) is 5.84 Å². The zero-order chi connectivity index (χ0) is 12.4. The molecule has 1 aromatic heterocycles. The first-order chi connectivity index (χ1) is 8.08. The van der Waals surface area contributed by atoms with Crippen LogP contribution in [0.25, 0.3) is 0 Å². The standard InChI is InChI=1S/C9H9BrN6S/c1-16-9(13-14-15-16)17-5-2-3-6(8(11)12)7(10)4-5/h2-4H,1H3,(H3,11,12). The van der Waals surface area contributed by atoms with Gasteiger partial charge in [-0.3, -0.25) is 5.41 Å². The van der Waals surface area contributed by atoms with Crippen molar-refractivity contribution < 1.29 is 0 Å². The molecule has 0 fully saturated rings. The number of hydrogen-bond donors (Lipinski definition) is 2. The third-order valence-electron chi connectivity index (χ3n) is 2.02. The molecule has 0 unspecified atom stereocenters. The average molecular weight is 313 g/mol. The molecule has 0 saturated heterocycles. The molecule has 6 nitrogen and oxygen atoms in total. The van der Waals surface area contributed by atoms with E-state index in [1.807, 2.05) is 12.1 Å². The summed E-state index contributed by atoms with van der Waals surface area (Å²) in [7, 11) is 1.78. The molecule has 1 aromatic carbocycles. The van der Waals surface area contributed by atoms with Crippen molar-refractivity contribution in [1.29, 1.82) is 5.41 Å². The Bertz CT molecular complexity index is 566. The zero-order valence-electron chi connectivity index (χ0n) is 8.88. The molecule has 2 aromatic rings. The average Bonchev–Trinajstić information content (AvgIpc) is 2.64. The van der Waals surface area contributed by atoms with Crippen molar-refractivity contribution >= 4 is 33.5 Å². The van der Waals surface area contributed by atoms with Crippen LogP contribution in [0.4, 0.5) is 0 Å². The van der Waals surface area contributed by atoms with E-state index in [-0.39, 0.29) is 5.84 Å². The van der Waals surface area contributed by atoms with E-state index >= 15 is 0 Å². The second-order valence-corrected chi connectivity index (χ2v) is 5.14. The summed E-state index contributed by atoms with van der Waals surface area (Å²) in [6.07, 6.45) is 0. The van der Waals surface area contributed by atoms with Crippen LogP contribution < -0.4 is 5.73 Å². The van der Waals surface area contributed by atoms with E-state index in [9.17, 15) is 0 Å². The smallest absolute Gasteiger partial charge is 0.213 e. The summed E-state index contributed by atoms with van der Waals surface area (Å²) in [6.45, 7) is 0. The molecule has 0 saturated carbocycles. The maximum atomic E-state index is 7.38. The normalized spacial score (nSPS) is 10.5. The molecule has 1 heterocycles. The minimum Gasteiger partial charge on any atom is -0.384 e. The van der Waals surface area contributed by atoms with Crippen LogP contribution in [0.3, 0.4) is 0 Å². The van der Waals surface area contributed by atoms with Gasteiger partial charge in [-0.2, -0.15) is 0 Å². The number of nitrogens with zero attached hydrogens (tertiary/aromatic N) is 4. The summed E-state index contributed by atoms with van der Waals surface area (Å²) >= 11 is 4.82. The number of halogens is 1. The Kier molecular flexibility index (Phi) is 3.43. The molecule has 0 amide bonds. The lowest BCUT2D eigenvalue weighted by molar-refractivity contribution is 0.664. The van der Waals surface area contributed by atoms with Crippen molar-refractivity contribution in [1.82, 2.24) is 20.2 Å². The Morgan fingerprint density at radius 2 is 2.29 bits per heavy atom. The first kappa shape index (κ1) is 12.1. The van der Waals surface area contributed by atoms with Crippen molar-refractivity contribution in [3.05, 3.63) is 28.2 Å². The Labute approximate surface area is 110 Å². The molecule has 0 aliphatic carbocycles. The highest BCUT2D eigenvalue weighted by Gasteiger charge is 2.08. The first-order valence-corrected chi connectivity index (χ1v) is 6.23. The van der Waals surface area contributed by atoms with Gasteiger partial charge in [-0.15, -0.1) is 5.10 Å². The summed E-state index contributed by atoms with van der Waals surface area (Å²) in [5, 5.41) is 19.3. The third kappa shape index (κ3) is 2.64. The monoisotopic (exact) mass is 312 g/mol. The van der Waals surface area contributed by atoms with Crippen LogP contribution in [-0.2, 0) is 7.05 Å². The number of amidine groups is 1. The van der Waals surface area contributed by atoms with Crippen LogP contribution in [0.2, 0.25) is 0 Å². The van der Waals surface area contributed by atoms with Gasteiger partial charge >= 0.3 is 0 Å². The van der Waals surface area contributed by atoms with Gasteiger partial charge in [0.15, 0.2) is 0 Å². The van der Waals surface area contributed by atoms with Gasteiger partial charge in [0.05, 0.1) is 0 Å². The highest BCUT2D eigenvalue weighted by molar-refractivity contribution is 9.10. The summed E-state index contributed by atoms with van der Waals surface area (Å²) < 4.78 is 2.38. The Hall–Kier alpha value is -1.41. The minimum absolute atomic E-state index is 0.0359. The van der Waals surface area contributed by atoms with Gasteiger partial charge in [-0.25, -0.2) is 4.68 Å². The molecule has 8 heteroatoms. The van der Waals surface area contributed by atoms with E-state index in [1.165, 1.54) is 11.8 Å². The summed E-state index contributed by atoms with van der Waals surface area (Å²) in [6, 6.07) is 5.55. The predicted octanol–water partition coefficient (Wildman–Crippen LogP) is 1.41. The quantitative estimate of drug-likeness (QED) is 0.660. The van der Waals surface area contributed by atoms with E-state index in [0.29, 0.717) is 10.7 Å². The number of rotatable bonds is 3. The largest absolute Gasteiger partial charge is 0.384 e. The molecule has 88 valence electrons. The molecule has 17 heavy (non-hydrogen) atoms. The maximum Gasteiger partial charge on any atom is 0.213 e. The lowest BCUT2D eigenvalue weighted by atomic mass is 10.2. The molecule has 0 aliphatic rings. The van der Waals surface area contributed by atoms with Crippen LogP contribution in [-0.4, -0.2) is 26.0 Å². The van der Waals surface area contributed by atoms with Crippen LogP contribution in [0.15, 0.2) is 32.7 Å². The number of tetrazole rings is 1. The SMILES string of the molecule is Cn1nnnc1Sc1ccc(C(=N)N)c(Br)c1. The third-order valence-corrected chi connectivity index (χ3v) is 3.70. The molecule has 0 spiro atoms. The Morgan fingerprint density at radius 3 is 2.82 bits per heavy atom. The predicted molar refractivity (Wildman–Crippen MR) is 68.1 cm³/mol. The van der Waals surface area contributed by atoms with Crippen LogP contribution in [0.5, 0.6) is 0 Å². The van der Waals surface area contributed by atoms with Gasteiger partial charge in [0, 0.05) is 22.0 Å². The number of aryl methyl sites for hydroxylation is 1. The van der Waals surface area contributed by atoms with Gasteiger partial charge in [0.25, 0.3) is 0 Å². The maximum absolute atomic E-state index is 7.38. The second-order valence-electron chi connectivity index (χ2n) is 3.24. The van der Waals surface area contributed by atoms with Crippen LogP contribution in [0.1, 0.15) is 5.56 Å². The van der Waals surface area contributed by atoms with Crippen molar-refractivity contribution in [3.63, 3.8) is 0 Å². The Morgan fingerprint density at radius 1 is 1.53 bits per heavy atom. The molecular weight excluding hydrogens is 304 g/mol. The van der Waals surface area contributed by atoms with Crippen LogP contribution in [0, 0.1) is 5.41 Å². The molecule has 2 rings (SSSR count). The van der Waals surface area contributed by atoms with Crippen molar-refractivity contribution in [3.8, 4) is 0 Å². The van der Waals surface area contributed by atoms with E-state index in [0.717, 1.165) is 9.37 Å². The van der Waals surface area contributed by atoms with Crippen molar-refractivity contribution in [2.24, 2.45) is 12.8 Å². The fraction of sp³-hybridized carbons (Fsp3) is 0.111. The highest BCUT2D eigenvalue weighted by atomic mass is 79.9. The molecule has 0 bridgehead atoms. The molecule has 0 radical (unpaired) electrons. The number of hydrogen-bond acceptors (Lipinski definition) is 5. The molecular formula is C9H9BrN6S. The van der Waals surface area contributed by atoms with Crippen molar-refractivity contribution in [2.75, 3.05) is 0 Å². The van der Waals surface area contributed by atoms with E-state index < -0.39 is 0 Å². The fourth-order valence-corrected chi connectivity index (χ4v) is 2.70. The van der Waals surface area contributed by atoms with Gasteiger partial charge < -0.3 is 5.73 Å².